The molecule has 0 spiro atoms. The van der Waals surface area contributed by atoms with E-state index >= 15 is 0 Å². The molecular formula is C20H17BrN2O5S. The second-order valence-electron chi connectivity index (χ2n) is 6.61. The number of piperazine rings is 1. The van der Waals surface area contributed by atoms with Crippen molar-refractivity contribution in [2.24, 2.45) is 0 Å². The van der Waals surface area contributed by atoms with E-state index in [-0.39, 0.29) is 36.6 Å². The third-order valence-electron chi connectivity index (χ3n) is 4.85. The highest BCUT2D eigenvalue weighted by atomic mass is 79.9. The molecule has 29 heavy (non-hydrogen) atoms. The van der Waals surface area contributed by atoms with Gasteiger partial charge in [0.2, 0.25) is 10.0 Å². The van der Waals surface area contributed by atoms with Crippen LogP contribution in [0.4, 0.5) is 0 Å². The molecule has 1 saturated heterocycles. The number of halogens is 1. The molecule has 0 bridgehead atoms. The number of fused-ring (bicyclic) bond motifs is 1. The quantitative estimate of drug-likeness (QED) is 0.542. The summed E-state index contributed by atoms with van der Waals surface area (Å²) >= 11 is 3.28. The SMILES string of the molecule is O=C(c1cc2ccccc2oc1=O)N1CCN(S(=O)(=O)c2ccccc2Br)CC1. The number of hydrogen-bond acceptors (Lipinski definition) is 5. The zero-order chi connectivity index (χ0) is 20.6. The van der Waals surface area contributed by atoms with Gasteiger partial charge in [0.05, 0.1) is 4.90 Å². The lowest BCUT2D eigenvalue weighted by molar-refractivity contribution is 0.0694. The molecule has 1 amide bonds. The number of amides is 1. The average molecular weight is 477 g/mol. The van der Waals surface area contributed by atoms with Gasteiger partial charge in [0, 0.05) is 36.0 Å². The standard InChI is InChI=1S/C20H17BrN2O5S/c21-16-6-2-4-8-18(16)29(26,27)23-11-9-22(10-12-23)19(24)15-13-14-5-1-3-7-17(14)28-20(15)25/h1-8,13H,9-12H2. The molecule has 0 unspecified atom stereocenters. The van der Waals surface area contributed by atoms with E-state index < -0.39 is 21.6 Å². The van der Waals surface area contributed by atoms with Gasteiger partial charge in [0.1, 0.15) is 11.1 Å². The van der Waals surface area contributed by atoms with Crippen LogP contribution in [0, 0.1) is 0 Å². The number of carbonyl (C=O) groups excluding carboxylic acids is 1. The van der Waals surface area contributed by atoms with Crippen molar-refractivity contribution < 1.29 is 17.6 Å². The first-order valence-corrected chi connectivity index (χ1v) is 11.2. The van der Waals surface area contributed by atoms with Gasteiger partial charge in [-0.05, 0) is 40.2 Å². The maximum absolute atomic E-state index is 12.9. The predicted octanol–water partition coefficient (Wildman–Crippen LogP) is 2.70. The lowest BCUT2D eigenvalue weighted by Gasteiger charge is -2.34. The smallest absolute Gasteiger partial charge is 0.349 e. The van der Waals surface area contributed by atoms with E-state index in [1.165, 1.54) is 21.3 Å². The molecular weight excluding hydrogens is 460 g/mol. The van der Waals surface area contributed by atoms with Gasteiger partial charge in [-0.3, -0.25) is 4.79 Å². The summed E-state index contributed by atoms with van der Waals surface area (Å²) in [5.41, 5.74) is -0.332. The van der Waals surface area contributed by atoms with E-state index in [2.05, 4.69) is 15.9 Å². The number of benzene rings is 2. The van der Waals surface area contributed by atoms with Gasteiger partial charge in [0.25, 0.3) is 5.91 Å². The Labute approximate surface area is 175 Å². The topological polar surface area (TPSA) is 87.9 Å². The van der Waals surface area contributed by atoms with Crippen LogP contribution < -0.4 is 5.63 Å². The highest BCUT2D eigenvalue weighted by molar-refractivity contribution is 9.10. The summed E-state index contributed by atoms with van der Waals surface area (Å²) in [7, 11) is -3.68. The molecule has 1 aliphatic heterocycles. The van der Waals surface area contributed by atoms with Crippen molar-refractivity contribution in [1.29, 1.82) is 0 Å². The molecule has 9 heteroatoms. The molecule has 0 N–H and O–H groups in total. The van der Waals surface area contributed by atoms with Gasteiger partial charge >= 0.3 is 5.63 Å². The Morgan fingerprint density at radius 3 is 2.34 bits per heavy atom. The molecule has 150 valence electrons. The Hall–Kier alpha value is -2.49. The fraction of sp³-hybridized carbons (Fsp3) is 0.200. The lowest BCUT2D eigenvalue weighted by atomic mass is 10.1. The molecule has 0 atom stereocenters. The number of nitrogens with zero attached hydrogens (tertiary/aromatic N) is 2. The Morgan fingerprint density at radius 1 is 0.966 bits per heavy atom. The molecule has 1 fully saturated rings. The minimum absolute atomic E-state index is 0.0502. The van der Waals surface area contributed by atoms with Gasteiger partial charge in [-0.25, -0.2) is 13.2 Å². The summed E-state index contributed by atoms with van der Waals surface area (Å²) in [5, 5.41) is 0.658. The third-order valence-corrected chi connectivity index (χ3v) is 7.76. The normalized spacial score (nSPS) is 15.6. The zero-order valence-corrected chi connectivity index (χ0v) is 17.6. The van der Waals surface area contributed by atoms with Crippen molar-refractivity contribution in [3.63, 3.8) is 0 Å². The van der Waals surface area contributed by atoms with Crippen LogP contribution in [0.3, 0.4) is 0 Å². The van der Waals surface area contributed by atoms with E-state index in [4.69, 9.17) is 4.42 Å². The van der Waals surface area contributed by atoms with E-state index in [9.17, 15) is 18.0 Å². The number of hydrogen-bond donors (Lipinski definition) is 0. The van der Waals surface area contributed by atoms with Crippen LogP contribution in [-0.2, 0) is 10.0 Å². The maximum Gasteiger partial charge on any atom is 0.349 e. The van der Waals surface area contributed by atoms with E-state index in [1.807, 2.05) is 0 Å². The second-order valence-corrected chi connectivity index (χ2v) is 9.37. The second kappa shape index (κ2) is 7.74. The maximum atomic E-state index is 12.9. The van der Waals surface area contributed by atoms with Crippen molar-refractivity contribution >= 4 is 42.8 Å². The van der Waals surface area contributed by atoms with Crippen LogP contribution >= 0.6 is 15.9 Å². The first kappa shape index (κ1) is 19.8. The summed E-state index contributed by atoms with van der Waals surface area (Å²) in [4.78, 5) is 26.7. The van der Waals surface area contributed by atoms with Crippen LogP contribution in [0.2, 0.25) is 0 Å². The van der Waals surface area contributed by atoms with Crippen LogP contribution in [-0.4, -0.2) is 49.7 Å². The highest BCUT2D eigenvalue weighted by Gasteiger charge is 2.32. The average Bonchev–Trinajstić information content (AvgIpc) is 2.73. The minimum atomic E-state index is -3.68. The zero-order valence-electron chi connectivity index (χ0n) is 15.2. The van der Waals surface area contributed by atoms with Crippen LogP contribution in [0.25, 0.3) is 11.0 Å². The predicted molar refractivity (Wildman–Crippen MR) is 111 cm³/mol. The monoisotopic (exact) mass is 476 g/mol. The van der Waals surface area contributed by atoms with Crippen LogP contribution in [0.15, 0.2) is 73.2 Å². The van der Waals surface area contributed by atoms with E-state index in [0.29, 0.717) is 15.4 Å². The molecule has 0 saturated carbocycles. The highest BCUT2D eigenvalue weighted by Crippen LogP contribution is 2.25. The molecule has 1 aliphatic rings. The van der Waals surface area contributed by atoms with Gasteiger partial charge in [-0.2, -0.15) is 4.31 Å². The number of para-hydroxylation sites is 1. The summed E-state index contributed by atoms with van der Waals surface area (Å²) < 4.78 is 32.8. The van der Waals surface area contributed by atoms with Crippen molar-refractivity contribution in [3.05, 3.63) is 75.1 Å². The molecule has 4 rings (SSSR count). The molecule has 3 aromatic rings. The third kappa shape index (κ3) is 3.73. The minimum Gasteiger partial charge on any atom is -0.422 e. The van der Waals surface area contributed by atoms with Crippen LogP contribution in [0.5, 0.6) is 0 Å². The molecule has 0 aliphatic carbocycles. The molecule has 2 aromatic carbocycles. The van der Waals surface area contributed by atoms with Gasteiger partial charge in [-0.15, -0.1) is 0 Å². The largest absolute Gasteiger partial charge is 0.422 e. The summed E-state index contributed by atoms with van der Waals surface area (Å²) in [6.07, 6.45) is 0. The fourth-order valence-corrected chi connectivity index (χ4v) is 5.69. The molecule has 2 heterocycles. The Kier molecular flexibility index (Phi) is 5.28. The van der Waals surface area contributed by atoms with Gasteiger partial charge < -0.3 is 9.32 Å². The first-order valence-electron chi connectivity index (χ1n) is 8.95. The lowest BCUT2D eigenvalue weighted by Crippen LogP contribution is -2.51. The van der Waals surface area contributed by atoms with Crippen molar-refractivity contribution in [3.8, 4) is 0 Å². The fourth-order valence-electron chi connectivity index (χ4n) is 3.31. The number of carbonyl (C=O) groups is 1. The molecule has 0 radical (unpaired) electrons. The summed E-state index contributed by atoms with van der Waals surface area (Å²) in [6.45, 7) is 0.673. The first-order chi connectivity index (χ1) is 13.9. The Bertz CT molecular complexity index is 1250. The van der Waals surface area contributed by atoms with Crippen molar-refractivity contribution in [2.75, 3.05) is 26.2 Å². The Balaban J connectivity index is 1.53. The van der Waals surface area contributed by atoms with Crippen molar-refractivity contribution in [2.45, 2.75) is 4.90 Å². The van der Waals surface area contributed by atoms with E-state index in [0.717, 1.165) is 0 Å². The molecule has 1 aromatic heterocycles. The van der Waals surface area contributed by atoms with Gasteiger partial charge in [0.15, 0.2) is 0 Å². The summed E-state index contributed by atoms with van der Waals surface area (Å²) in [6, 6.07) is 15.1. The van der Waals surface area contributed by atoms with E-state index in [1.54, 1.807) is 42.5 Å². The summed E-state index contributed by atoms with van der Waals surface area (Å²) in [5.74, 6) is -0.456. The van der Waals surface area contributed by atoms with Crippen molar-refractivity contribution in [1.82, 2.24) is 9.21 Å². The number of rotatable bonds is 3. The van der Waals surface area contributed by atoms with Gasteiger partial charge in [-0.1, -0.05) is 30.3 Å². The Morgan fingerprint density at radius 2 is 1.62 bits per heavy atom. The van der Waals surface area contributed by atoms with Crippen LogP contribution in [0.1, 0.15) is 10.4 Å². The molecule has 7 nitrogen and oxygen atoms in total. The number of sulfonamides is 1.